The second-order valence-corrected chi connectivity index (χ2v) is 5.31. The molecular weight excluding hydrogens is 272 g/mol. The zero-order valence-electron chi connectivity index (χ0n) is 13.0. The van der Waals surface area contributed by atoms with Crippen LogP contribution in [0.1, 0.15) is 26.7 Å². The van der Waals surface area contributed by atoms with Crippen molar-refractivity contribution in [2.24, 2.45) is 0 Å². The van der Waals surface area contributed by atoms with Crippen LogP contribution in [0.4, 0.5) is 5.82 Å². The van der Waals surface area contributed by atoms with E-state index in [0.29, 0.717) is 11.9 Å². The summed E-state index contributed by atoms with van der Waals surface area (Å²) < 4.78 is 0. The Kier molecular flexibility index (Phi) is 4.28. The lowest BCUT2D eigenvalue weighted by molar-refractivity contribution is 0.669. The molecule has 0 amide bonds. The highest BCUT2D eigenvalue weighted by atomic mass is 15.1. The van der Waals surface area contributed by atoms with Gasteiger partial charge in [0, 0.05) is 29.4 Å². The molecule has 2 heterocycles. The average Bonchev–Trinajstić information content (AvgIpc) is 2.60. The van der Waals surface area contributed by atoms with E-state index in [2.05, 4.69) is 35.2 Å². The molecule has 0 spiro atoms. The van der Waals surface area contributed by atoms with Crippen LogP contribution in [-0.4, -0.2) is 21.0 Å². The summed E-state index contributed by atoms with van der Waals surface area (Å²) in [5.74, 6) is 1.61. The molecule has 0 radical (unpaired) electrons. The number of rotatable bonds is 5. The molecule has 4 nitrogen and oxygen atoms in total. The van der Waals surface area contributed by atoms with Gasteiger partial charge in [0.1, 0.15) is 5.82 Å². The molecule has 0 aliphatic heterocycles. The maximum Gasteiger partial charge on any atom is 0.163 e. The Morgan fingerprint density at radius 1 is 1.00 bits per heavy atom. The number of para-hydroxylation sites is 1. The zero-order chi connectivity index (χ0) is 15.4. The Morgan fingerprint density at radius 2 is 1.82 bits per heavy atom. The van der Waals surface area contributed by atoms with E-state index in [0.717, 1.165) is 35.1 Å². The van der Waals surface area contributed by atoms with E-state index < -0.39 is 0 Å². The van der Waals surface area contributed by atoms with Crippen LogP contribution < -0.4 is 5.32 Å². The van der Waals surface area contributed by atoms with Gasteiger partial charge in [-0.15, -0.1) is 0 Å². The Hall–Kier alpha value is -2.49. The zero-order valence-corrected chi connectivity index (χ0v) is 13.0. The second-order valence-electron chi connectivity index (χ2n) is 5.31. The van der Waals surface area contributed by atoms with Crippen molar-refractivity contribution in [3.8, 4) is 11.4 Å². The number of anilines is 1. The number of hydrogen-bond acceptors (Lipinski definition) is 4. The molecule has 2 aromatic heterocycles. The minimum Gasteiger partial charge on any atom is -0.367 e. The summed E-state index contributed by atoms with van der Waals surface area (Å²) in [6.45, 7) is 4.37. The van der Waals surface area contributed by atoms with Crippen LogP contribution >= 0.6 is 0 Å². The number of fused-ring (bicyclic) bond motifs is 1. The third-order valence-corrected chi connectivity index (χ3v) is 3.85. The average molecular weight is 292 g/mol. The molecular formula is C18H20N4. The molecule has 0 saturated heterocycles. The molecule has 22 heavy (non-hydrogen) atoms. The van der Waals surface area contributed by atoms with Gasteiger partial charge in [0.05, 0.1) is 5.52 Å². The number of pyridine rings is 1. The molecule has 0 atom stereocenters. The summed E-state index contributed by atoms with van der Waals surface area (Å²) in [5, 5.41) is 4.62. The maximum atomic E-state index is 4.74. The standard InChI is InChI=1S/C18H20N4/c1-3-14(4-2)20-18-15-9-5-6-10-16(15)21-17(22-18)13-8-7-11-19-12-13/h5-12,14H,3-4H2,1-2H3,(H,20,21,22). The molecule has 1 N–H and O–H groups in total. The molecule has 0 unspecified atom stereocenters. The van der Waals surface area contributed by atoms with Gasteiger partial charge in [-0.05, 0) is 37.1 Å². The van der Waals surface area contributed by atoms with E-state index in [1.807, 2.05) is 30.3 Å². The van der Waals surface area contributed by atoms with Crippen LogP contribution in [0.25, 0.3) is 22.3 Å². The summed E-state index contributed by atoms with van der Waals surface area (Å²) in [5.41, 5.74) is 1.88. The van der Waals surface area contributed by atoms with E-state index in [-0.39, 0.29) is 0 Å². The maximum absolute atomic E-state index is 4.74. The normalized spacial score (nSPS) is 11.0. The van der Waals surface area contributed by atoms with Gasteiger partial charge in [-0.25, -0.2) is 9.97 Å². The van der Waals surface area contributed by atoms with Crippen molar-refractivity contribution in [3.05, 3.63) is 48.8 Å². The number of benzene rings is 1. The van der Waals surface area contributed by atoms with Gasteiger partial charge < -0.3 is 5.32 Å². The van der Waals surface area contributed by atoms with Crippen LogP contribution in [0.2, 0.25) is 0 Å². The van der Waals surface area contributed by atoms with E-state index in [1.165, 1.54) is 0 Å². The lowest BCUT2D eigenvalue weighted by Crippen LogP contribution is -2.18. The first-order valence-corrected chi connectivity index (χ1v) is 7.75. The van der Waals surface area contributed by atoms with E-state index in [9.17, 15) is 0 Å². The third kappa shape index (κ3) is 2.91. The Balaban J connectivity index is 2.12. The van der Waals surface area contributed by atoms with Crippen molar-refractivity contribution < 1.29 is 0 Å². The Bertz CT molecular complexity index is 751. The number of nitrogens with one attached hydrogen (secondary N) is 1. The number of aromatic nitrogens is 3. The van der Waals surface area contributed by atoms with Crippen molar-refractivity contribution in [2.75, 3.05) is 5.32 Å². The van der Waals surface area contributed by atoms with Gasteiger partial charge in [-0.2, -0.15) is 0 Å². The first-order chi connectivity index (χ1) is 10.8. The smallest absolute Gasteiger partial charge is 0.163 e. The predicted molar refractivity (Wildman–Crippen MR) is 90.8 cm³/mol. The van der Waals surface area contributed by atoms with Crippen LogP contribution in [0.15, 0.2) is 48.8 Å². The van der Waals surface area contributed by atoms with Crippen LogP contribution in [-0.2, 0) is 0 Å². The molecule has 1 aromatic carbocycles. The molecule has 4 heteroatoms. The lowest BCUT2D eigenvalue weighted by Gasteiger charge is -2.17. The van der Waals surface area contributed by atoms with E-state index in [4.69, 9.17) is 4.98 Å². The minimum atomic E-state index is 0.417. The SMILES string of the molecule is CCC(CC)Nc1nc(-c2cccnc2)nc2ccccc12. The number of nitrogens with zero attached hydrogens (tertiary/aromatic N) is 3. The molecule has 3 rings (SSSR count). The third-order valence-electron chi connectivity index (χ3n) is 3.85. The van der Waals surface area contributed by atoms with Gasteiger partial charge in [-0.1, -0.05) is 26.0 Å². The lowest BCUT2D eigenvalue weighted by atomic mass is 10.1. The van der Waals surface area contributed by atoms with E-state index in [1.54, 1.807) is 12.4 Å². The van der Waals surface area contributed by atoms with Gasteiger partial charge in [0.25, 0.3) is 0 Å². The highest BCUT2D eigenvalue weighted by molar-refractivity contribution is 5.90. The molecule has 0 aliphatic carbocycles. The summed E-state index contributed by atoms with van der Waals surface area (Å²) in [6.07, 6.45) is 5.69. The largest absolute Gasteiger partial charge is 0.367 e. The van der Waals surface area contributed by atoms with Crippen molar-refractivity contribution in [3.63, 3.8) is 0 Å². The van der Waals surface area contributed by atoms with Gasteiger partial charge in [0.2, 0.25) is 0 Å². The monoisotopic (exact) mass is 292 g/mol. The summed E-state index contributed by atoms with van der Waals surface area (Å²) >= 11 is 0. The molecule has 0 bridgehead atoms. The first kappa shape index (κ1) is 14.4. The fourth-order valence-electron chi connectivity index (χ4n) is 2.50. The molecule has 3 aromatic rings. The Labute approximate surface area is 130 Å². The molecule has 0 fully saturated rings. The topological polar surface area (TPSA) is 50.7 Å². The minimum absolute atomic E-state index is 0.417. The highest BCUT2D eigenvalue weighted by Crippen LogP contribution is 2.25. The van der Waals surface area contributed by atoms with Gasteiger partial charge in [0.15, 0.2) is 5.82 Å². The van der Waals surface area contributed by atoms with Crippen LogP contribution in [0, 0.1) is 0 Å². The quantitative estimate of drug-likeness (QED) is 0.762. The molecule has 0 aliphatic rings. The van der Waals surface area contributed by atoms with Crippen LogP contribution in [0.5, 0.6) is 0 Å². The van der Waals surface area contributed by atoms with Crippen molar-refractivity contribution in [1.82, 2.24) is 15.0 Å². The summed E-state index contributed by atoms with van der Waals surface area (Å²) in [6, 6.07) is 12.4. The molecule has 0 saturated carbocycles. The van der Waals surface area contributed by atoms with Crippen molar-refractivity contribution in [1.29, 1.82) is 0 Å². The van der Waals surface area contributed by atoms with E-state index >= 15 is 0 Å². The summed E-state index contributed by atoms with van der Waals surface area (Å²) in [4.78, 5) is 13.6. The predicted octanol–water partition coefficient (Wildman–Crippen LogP) is 4.29. The Morgan fingerprint density at radius 3 is 2.55 bits per heavy atom. The van der Waals surface area contributed by atoms with Gasteiger partial charge >= 0.3 is 0 Å². The summed E-state index contributed by atoms with van der Waals surface area (Å²) in [7, 11) is 0. The fourth-order valence-corrected chi connectivity index (χ4v) is 2.50. The second kappa shape index (κ2) is 6.52. The van der Waals surface area contributed by atoms with Crippen molar-refractivity contribution >= 4 is 16.7 Å². The highest BCUT2D eigenvalue weighted by Gasteiger charge is 2.11. The molecule has 112 valence electrons. The van der Waals surface area contributed by atoms with Gasteiger partial charge in [-0.3, -0.25) is 4.98 Å². The van der Waals surface area contributed by atoms with Crippen LogP contribution in [0.3, 0.4) is 0 Å². The van der Waals surface area contributed by atoms with Crippen molar-refractivity contribution in [2.45, 2.75) is 32.7 Å². The number of hydrogen-bond donors (Lipinski definition) is 1. The first-order valence-electron chi connectivity index (χ1n) is 7.75. The fraction of sp³-hybridized carbons (Fsp3) is 0.278.